The fraction of sp³-hybridized carbons (Fsp3) is 0.280. The molecule has 33 heavy (non-hydrogen) atoms. The highest BCUT2D eigenvalue weighted by Crippen LogP contribution is 2.35. The lowest BCUT2D eigenvalue weighted by molar-refractivity contribution is -0.123. The van der Waals surface area contributed by atoms with Crippen molar-refractivity contribution >= 4 is 11.7 Å². The molecule has 1 amide bonds. The predicted molar refractivity (Wildman–Crippen MR) is 120 cm³/mol. The molecule has 1 N–H and O–H groups in total. The summed E-state index contributed by atoms with van der Waals surface area (Å²) in [6, 6.07) is 9.84. The van der Waals surface area contributed by atoms with Gasteiger partial charge in [-0.15, -0.1) is 0 Å². The van der Waals surface area contributed by atoms with Crippen LogP contribution in [0.15, 0.2) is 42.6 Å². The zero-order valence-electron chi connectivity index (χ0n) is 18.6. The Morgan fingerprint density at radius 3 is 2.70 bits per heavy atom. The van der Waals surface area contributed by atoms with Gasteiger partial charge in [0, 0.05) is 29.3 Å². The Morgan fingerprint density at radius 2 is 1.97 bits per heavy atom. The Labute approximate surface area is 191 Å². The van der Waals surface area contributed by atoms with Crippen molar-refractivity contribution in [3.05, 3.63) is 70.9 Å². The van der Waals surface area contributed by atoms with Crippen molar-refractivity contribution in [1.82, 2.24) is 15.3 Å². The monoisotopic (exact) mass is 449 g/mol. The van der Waals surface area contributed by atoms with E-state index in [9.17, 15) is 14.0 Å². The van der Waals surface area contributed by atoms with Crippen molar-refractivity contribution in [2.24, 2.45) is 0 Å². The molecule has 3 aromatic rings. The molecule has 0 spiro atoms. The summed E-state index contributed by atoms with van der Waals surface area (Å²) in [4.78, 5) is 32.3. The molecule has 1 aromatic heterocycles. The number of rotatable bonds is 7. The van der Waals surface area contributed by atoms with Crippen LogP contribution in [0.2, 0.25) is 0 Å². The Kier molecular flexibility index (Phi) is 6.35. The minimum atomic E-state index is -0.462. The SMILES string of the molecule is CC(=O)c1ccc(OCC(=O)NC[C@@H]2Cc3cc(-c4nc(C)cnc4C)cc(F)c3O2)cc1. The fourth-order valence-electron chi connectivity index (χ4n) is 3.66. The standard InChI is InChI=1S/C25H24FN3O4/c1-14-11-27-15(2)24(29-14)18-8-19-9-21(33-25(19)22(26)10-18)12-28-23(31)13-32-20-6-4-17(5-7-20)16(3)30/h4-8,10-11,21H,9,12-13H2,1-3H3,(H,28,31)/t21-/m0/s1. The van der Waals surface area contributed by atoms with Crippen LogP contribution in [0, 0.1) is 19.7 Å². The van der Waals surface area contributed by atoms with Crippen LogP contribution in [0.4, 0.5) is 4.39 Å². The zero-order valence-corrected chi connectivity index (χ0v) is 18.6. The van der Waals surface area contributed by atoms with Gasteiger partial charge in [0.05, 0.1) is 23.6 Å². The molecule has 2 aromatic carbocycles. The Hall–Kier alpha value is -3.81. The van der Waals surface area contributed by atoms with Gasteiger partial charge in [-0.1, -0.05) is 0 Å². The van der Waals surface area contributed by atoms with Crippen molar-refractivity contribution in [1.29, 1.82) is 0 Å². The third kappa shape index (κ3) is 5.16. The van der Waals surface area contributed by atoms with Gasteiger partial charge in [-0.2, -0.15) is 0 Å². The number of halogens is 1. The van der Waals surface area contributed by atoms with E-state index < -0.39 is 5.82 Å². The lowest BCUT2D eigenvalue weighted by atomic mass is 10.0. The highest BCUT2D eigenvalue weighted by atomic mass is 19.1. The van der Waals surface area contributed by atoms with E-state index in [-0.39, 0.29) is 36.7 Å². The largest absolute Gasteiger partial charge is 0.485 e. The van der Waals surface area contributed by atoms with Crippen molar-refractivity contribution < 1.29 is 23.5 Å². The van der Waals surface area contributed by atoms with Gasteiger partial charge < -0.3 is 14.8 Å². The highest BCUT2D eigenvalue weighted by Gasteiger charge is 2.27. The molecule has 1 atom stereocenters. The maximum absolute atomic E-state index is 14.7. The van der Waals surface area contributed by atoms with Crippen molar-refractivity contribution in [2.45, 2.75) is 33.3 Å². The second kappa shape index (κ2) is 9.36. The predicted octanol–water partition coefficient (Wildman–Crippen LogP) is 3.60. The number of ketones is 1. The third-order valence-corrected chi connectivity index (χ3v) is 5.36. The molecule has 170 valence electrons. The number of benzene rings is 2. The number of nitrogens with zero attached hydrogens (tertiary/aromatic N) is 2. The van der Waals surface area contributed by atoms with Gasteiger partial charge in [-0.25, -0.2) is 9.37 Å². The quantitative estimate of drug-likeness (QED) is 0.555. The lowest BCUT2D eigenvalue weighted by Crippen LogP contribution is -2.37. The summed E-state index contributed by atoms with van der Waals surface area (Å²) in [5.74, 6) is -0.127. The van der Waals surface area contributed by atoms with E-state index in [1.165, 1.54) is 13.0 Å². The van der Waals surface area contributed by atoms with Crippen LogP contribution in [-0.2, 0) is 11.2 Å². The second-order valence-electron chi connectivity index (χ2n) is 8.01. The second-order valence-corrected chi connectivity index (χ2v) is 8.01. The number of hydrogen-bond acceptors (Lipinski definition) is 6. The van der Waals surface area contributed by atoms with Crippen molar-refractivity contribution in [3.63, 3.8) is 0 Å². The molecule has 1 aliphatic heterocycles. The van der Waals surface area contributed by atoms with E-state index in [2.05, 4.69) is 15.3 Å². The minimum absolute atomic E-state index is 0.0395. The highest BCUT2D eigenvalue weighted by molar-refractivity contribution is 5.94. The molecule has 4 rings (SSSR count). The number of hydrogen-bond donors (Lipinski definition) is 1. The summed E-state index contributed by atoms with van der Waals surface area (Å²) in [6.07, 6.45) is 1.76. The molecule has 0 saturated heterocycles. The molecule has 0 fully saturated rings. The van der Waals surface area contributed by atoms with E-state index in [0.29, 0.717) is 29.0 Å². The maximum atomic E-state index is 14.7. The summed E-state index contributed by atoms with van der Waals surface area (Å²) in [7, 11) is 0. The van der Waals surface area contributed by atoms with Crippen LogP contribution in [-0.4, -0.2) is 40.9 Å². The molecular weight excluding hydrogens is 425 g/mol. The van der Waals surface area contributed by atoms with Gasteiger partial charge in [0.15, 0.2) is 24.0 Å². The minimum Gasteiger partial charge on any atom is -0.485 e. The fourth-order valence-corrected chi connectivity index (χ4v) is 3.66. The average molecular weight is 449 g/mol. The molecule has 0 bridgehead atoms. The summed E-state index contributed by atoms with van der Waals surface area (Å²) in [5, 5.41) is 2.75. The normalized spacial score (nSPS) is 14.4. The lowest BCUT2D eigenvalue weighted by Gasteiger charge is -2.12. The Morgan fingerprint density at radius 1 is 1.21 bits per heavy atom. The van der Waals surface area contributed by atoms with Crippen molar-refractivity contribution in [3.8, 4) is 22.8 Å². The number of fused-ring (bicyclic) bond motifs is 1. The van der Waals surface area contributed by atoms with E-state index >= 15 is 0 Å². The van der Waals surface area contributed by atoms with Crippen LogP contribution < -0.4 is 14.8 Å². The summed E-state index contributed by atoms with van der Waals surface area (Å²) >= 11 is 0. The van der Waals surface area contributed by atoms with E-state index in [1.54, 1.807) is 30.5 Å². The van der Waals surface area contributed by atoms with Gasteiger partial charge in [-0.3, -0.25) is 14.6 Å². The average Bonchev–Trinajstić information content (AvgIpc) is 3.22. The number of aromatic nitrogens is 2. The van der Waals surface area contributed by atoms with Crippen LogP contribution in [0.25, 0.3) is 11.3 Å². The van der Waals surface area contributed by atoms with Crippen LogP contribution in [0.5, 0.6) is 11.5 Å². The van der Waals surface area contributed by atoms with Gasteiger partial charge in [0.25, 0.3) is 5.91 Å². The molecule has 8 heteroatoms. The first-order valence-electron chi connectivity index (χ1n) is 10.6. The number of nitrogens with one attached hydrogen (secondary N) is 1. The molecule has 1 aliphatic rings. The van der Waals surface area contributed by atoms with Gasteiger partial charge in [0.2, 0.25) is 0 Å². The summed E-state index contributed by atoms with van der Waals surface area (Å²) in [6.45, 7) is 5.20. The van der Waals surface area contributed by atoms with Gasteiger partial charge in [-0.05, 0) is 57.2 Å². The number of carbonyl (C=O) groups is 2. The van der Waals surface area contributed by atoms with Crippen LogP contribution in [0.3, 0.4) is 0 Å². The Balaban J connectivity index is 1.33. The number of ether oxygens (including phenoxy) is 2. The van der Waals surface area contributed by atoms with Crippen LogP contribution in [0.1, 0.15) is 34.2 Å². The van der Waals surface area contributed by atoms with Crippen molar-refractivity contribution in [2.75, 3.05) is 13.2 Å². The number of Topliss-reactive ketones (excluding diaryl/α,β-unsaturated/α-hetero) is 1. The number of carbonyl (C=O) groups excluding carboxylic acids is 2. The van der Waals surface area contributed by atoms with Gasteiger partial charge in [0.1, 0.15) is 11.9 Å². The van der Waals surface area contributed by atoms with Crippen LogP contribution >= 0.6 is 0 Å². The first-order valence-corrected chi connectivity index (χ1v) is 10.6. The molecule has 0 aliphatic carbocycles. The van der Waals surface area contributed by atoms with E-state index in [1.807, 2.05) is 19.9 Å². The first kappa shape index (κ1) is 22.4. The smallest absolute Gasteiger partial charge is 0.258 e. The zero-order chi connectivity index (χ0) is 23.5. The molecular formula is C25H24FN3O4. The summed E-state index contributed by atoms with van der Waals surface area (Å²) in [5.41, 5.74) is 4.07. The molecule has 2 heterocycles. The molecule has 7 nitrogen and oxygen atoms in total. The van der Waals surface area contributed by atoms with E-state index in [0.717, 1.165) is 17.0 Å². The summed E-state index contributed by atoms with van der Waals surface area (Å²) < 4.78 is 25.9. The molecule has 0 radical (unpaired) electrons. The maximum Gasteiger partial charge on any atom is 0.258 e. The number of amides is 1. The molecule has 0 unspecified atom stereocenters. The Bertz CT molecular complexity index is 1210. The van der Waals surface area contributed by atoms with E-state index in [4.69, 9.17) is 9.47 Å². The van der Waals surface area contributed by atoms with Gasteiger partial charge >= 0.3 is 0 Å². The third-order valence-electron chi connectivity index (χ3n) is 5.36. The number of aryl methyl sites for hydroxylation is 2. The first-order chi connectivity index (χ1) is 15.8. The topological polar surface area (TPSA) is 90.4 Å². The molecule has 0 saturated carbocycles.